The zero-order valence-electron chi connectivity index (χ0n) is 11.6. The predicted molar refractivity (Wildman–Crippen MR) is 81.0 cm³/mol. The molecule has 1 aliphatic heterocycles. The van der Waals surface area contributed by atoms with Crippen LogP contribution in [-0.2, 0) is 10.0 Å². The Hall–Kier alpha value is -0.820. The van der Waals surface area contributed by atoms with Crippen molar-refractivity contribution in [1.82, 2.24) is 10.0 Å². The second-order valence-electron chi connectivity index (χ2n) is 4.85. The number of nitrogens with one attached hydrogen (secondary N) is 2. The van der Waals surface area contributed by atoms with Crippen molar-refractivity contribution in [2.24, 2.45) is 5.92 Å². The van der Waals surface area contributed by atoms with Gasteiger partial charge in [0.15, 0.2) is 0 Å². The van der Waals surface area contributed by atoms with E-state index in [0.717, 1.165) is 19.5 Å². The first-order chi connectivity index (χ1) is 9.04. The van der Waals surface area contributed by atoms with Crippen LogP contribution < -0.4 is 14.8 Å². The lowest BCUT2D eigenvalue weighted by Gasteiger charge is -2.30. The van der Waals surface area contributed by atoms with E-state index in [1.165, 1.54) is 7.11 Å². The Kier molecular flexibility index (Phi) is 6.26. The van der Waals surface area contributed by atoms with Gasteiger partial charge in [0.25, 0.3) is 0 Å². The average molecular weight is 321 g/mol. The SMILES string of the molecule is COc1ccccc1S(=O)(=O)NC1CCNCC1C.Cl. The molecule has 1 aliphatic rings. The van der Waals surface area contributed by atoms with Gasteiger partial charge in [0.2, 0.25) is 10.0 Å². The normalized spacial score (nSPS) is 22.9. The van der Waals surface area contributed by atoms with E-state index in [9.17, 15) is 8.42 Å². The zero-order valence-corrected chi connectivity index (χ0v) is 13.3. The summed E-state index contributed by atoms with van der Waals surface area (Å²) in [5.41, 5.74) is 0. The van der Waals surface area contributed by atoms with Crippen LogP contribution in [0.1, 0.15) is 13.3 Å². The maximum Gasteiger partial charge on any atom is 0.244 e. The summed E-state index contributed by atoms with van der Waals surface area (Å²) < 4.78 is 32.7. The molecule has 7 heteroatoms. The molecule has 2 unspecified atom stereocenters. The number of halogens is 1. The highest BCUT2D eigenvalue weighted by Crippen LogP contribution is 2.24. The van der Waals surface area contributed by atoms with Crippen molar-refractivity contribution in [3.8, 4) is 5.75 Å². The molecule has 5 nitrogen and oxygen atoms in total. The number of sulfonamides is 1. The van der Waals surface area contributed by atoms with Gasteiger partial charge >= 0.3 is 0 Å². The molecule has 1 aromatic rings. The fourth-order valence-corrected chi connectivity index (χ4v) is 3.84. The van der Waals surface area contributed by atoms with Crippen LogP contribution in [0.25, 0.3) is 0 Å². The van der Waals surface area contributed by atoms with E-state index < -0.39 is 10.0 Å². The summed E-state index contributed by atoms with van der Waals surface area (Å²) in [6.07, 6.45) is 0.801. The second kappa shape index (κ2) is 7.26. The topological polar surface area (TPSA) is 67.4 Å². The maximum atomic E-state index is 12.4. The van der Waals surface area contributed by atoms with Gasteiger partial charge in [-0.1, -0.05) is 19.1 Å². The van der Waals surface area contributed by atoms with E-state index in [1.54, 1.807) is 24.3 Å². The molecule has 0 aromatic heterocycles. The molecule has 2 N–H and O–H groups in total. The zero-order chi connectivity index (χ0) is 13.9. The van der Waals surface area contributed by atoms with E-state index in [4.69, 9.17) is 4.74 Å². The van der Waals surface area contributed by atoms with Crippen molar-refractivity contribution in [2.75, 3.05) is 20.2 Å². The third-order valence-corrected chi connectivity index (χ3v) is 4.98. The number of rotatable bonds is 4. The van der Waals surface area contributed by atoms with Crippen molar-refractivity contribution in [2.45, 2.75) is 24.3 Å². The fourth-order valence-electron chi connectivity index (χ4n) is 2.29. The quantitative estimate of drug-likeness (QED) is 0.880. The molecule has 0 amide bonds. The molecule has 1 heterocycles. The van der Waals surface area contributed by atoms with Gasteiger partial charge in [-0.15, -0.1) is 12.4 Å². The number of benzene rings is 1. The third kappa shape index (κ3) is 3.85. The molecule has 2 atom stereocenters. The Morgan fingerprint density at radius 3 is 2.70 bits per heavy atom. The van der Waals surface area contributed by atoms with E-state index in [-0.39, 0.29) is 29.3 Å². The van der Waals surface area contributed by atoms with Gasteiger partial charge in [0, 0.05) is 6.04 Å². The van der Waals surface area contributed by atoms with Gasteiger partial charge in [0.05, 0.1) is 7.11 Å². The van der Waals surface area contributed by atoms with Crippen LogP contribution in [0, 0.1) is 5.92 Å². The Balaban J connectivity index is 0.00000200. The molecule has 0 aliphatic carbocycles. The Bertz CT molecular complexity index is 536. The molecular weight excluding hydrogens is 300 g/mol. The highest BCUT2D eigenvalue weighted by Gasteiger charge is 2.28. The minimum atomic E-state index is -3.54. The molecule has 0 bridgehead atoms. The fraction of sp³-hybridized carbons (Fsp3) is 0.538. The largest absolute Gasteiger partial charge is 0.495 e. The lowest BCUT2D eigenvalue weighted by atomic mass is 9.97. The number of ether oxygens (including phenoxy) is 1. The van der Waals surface area contributed by atoms with Crippen molar-refractivity contribution in [1.29, 1.82) is 0 Å². The van der Waals surface area contributed by atoms with Crippen molar-refractivity contribution in [3.05, 3.63) is 24.3 Å². The first-order valence-corrected chi connectivity index (χ1v) is 7.89. The minimum absolute atomic E-state index is 0. The van der Waals surface area contributed by atoms with Crippen molar-refractivity contribution < 1.29 is 13.2 Å². The third-order valence-electron chi connectivity index (χ3n) is 3.45. The van der Waals surface area contributed by atoms with Gasteiger partial charge in [-0.2, -0.15) is 0 Å². The monoisotopic (exact) mass is 320 g/mol. The molecule has 1 fully saturated rings. The molecule has 20 heavy (non-hydrogen) atoms. The Morgan fingerprint density at radius 2 is 2.05 bits per heavy atom. The highest BCUT2D eigenvalue weighted by atomic mass is 35.5. The number of hydrogen-bond acceptors (Lipinski definition) is 4. The number of methoxy groups -OCH3 is 1. The van der Waals surface area contributed by atoms with E-state index >= 15 is 0 Å². The first kappa shape index (κ1) is 17.2. The lowest BCUT2D eigenvalue weighted by Crippen LogP contribution is -2.48. The van der Waals surface area contributed by atoms with Crippen LogP contribution in [0.3, 0.4) is 0 Å². The van der Waals surface area contributed by atoms with Crippen LogP contribution in [0.5, 0.6) is 5.75 Å². The number of piperidine rings is 1. The summed E-state index contributed by atoms with van der Waals surface area (Å²) in [6, 6.07) is 6.64. The second-order valence-corrected chi connectivity index (χ2v) is 6.53. The molecule has 0 saturated carbocycles. The van der Waals surface area contributed by atoms with Crippen LogP contribution in [0.2, 0.25) is 0 Å². The molecule has 2 rings (SSSR count). The number of hydrogen-bond donors (Lipinski definition) is 2. The molecule has 0 radical (unpaired) electrons. The summed E-state index contributed by atoms with van der Waals surface area (Å²) in [5, 5.41) is 3.25. The molecule has 0 spiro atoms. The summed E-state index contributed by atoms with van der Waals surface area (Å²) in [5.74, 6) is 0.648. The molecule has 1 aromatic carbocycles. The van der Waals surface area contributed by atoms with Crippen molar-refractivity contribution >= 4 is 22.4 Å². The lowest BCUT2D eigenvalue weighted by molar-refractivity contribution is 0.327. The van der Waals surface area contributed by atoms with Crippen molar-refractivity contribution in [3.63, 3.8) is 0 Å². The summed E-state index contributed by atoms with van der Waals surface area (Å²) >= 11 is 0. The molecule has 1 saturated heterocycles. The van der Waals surface area contributed by atoms with Crippen LogP contribution in [0.4, 0.5) is 0 Å². The van der Waals surface area contributed by atoms with E-state index in [2.05, 4.69) is 10.0 Å². The standard InChI is InChI=1S/C13H20N2O3S.ClH/c1-10-9-14-8-7-11(10)15-19(16,17)13-6-4-3-5-12(13)18-2;/h3-6,10-11,14-15H,7-9H2,1-2H3;1H. The summed E-state index contributed by atoms with van der Waals surface area (Å²) in [6.45, 7) is 3.71. The smallest absolute Gasteiger partial charge is 0.244 e. The van der Waals surface area contributed by atoms with Gasteiger partial charge in [-0.3, -0.25) is 0 Å². The number of para-hydroxylation sites is 1. The Labute approximate surface area is 126 Å². The summed E-state index contributed by atoms with van der Waals surface area (Å²) in [7, 11) is -2.06. The first-order valence-electron chi connectivity index (χ1n) is 6.40. The van der Waals surface area contributed by atoms with E-state index in [1.807, 2.05) is 6.92 Å². The highest BCUT2D eigenvalue weighted by molar-refractivity contribution is 7.89. The van der Waals surface area contributed by atoms with Crippen LogP contribution in [-0.4, -0.2) is 34.7 Å². The maximum absolute atomic E-state index is 12.4. The Morgan fingerprint density at radius 1 is 1.35 bits per heavy atom. The van der Waals surface area contributed by atoms with Gasteiger partial charge < -0.3 is 10.1 Å². The predicted octanol–water partition coefficient (Wildman–Crippen LogP) is 1.39. The van der Waals surface area contributed by atoms with E-state index in [0.29, 0.717) is 5.75 Å². The minimum Gasteiger partial charge on any atom is -0.495 e. The van der Waals surface area contributed by atoms with Crippen LogP contribution in [0.15, 0.2) is 29.2 Å². The van der Waals surface area contributed by atoms with Crippen LogP contribution >= 0.6 is 12.4 Å². The van der Waals surface area contributed by atoms with Gasteiger partial charge in [-0.05, 0) is 37.6 Å². The molecular formula is C13H21ClN2O3S. The average Bonchev–Trinajstić information content (AvgIpc) is 2.41. The molecule has 114 valence electrons. The summed E-state index contributed by atoms with van der Waals surface area (Å²) in [4.78, 5) is 0.197. The van der Waals surface area contributed by atoms with Gasteiger partial charge in [-0.25, -0.2) is 13.1 Å². The van der Waals surface area contributed by atoms with Gasteiger partial charge in [0.1, 0.15) is 10.6 Å².